The molecular weight excluding hydrogens is 276 g/mol. The van der Waals surface area contributed by atoms with E-state index in [1.165, 1.54) is 0 Å². The average molecular weight is 291 g/mol. The van der Waals surface area contributed by atoms with Crippen molar-refractivity contribution in [2.24, 2.45) is 0 Å². The summed E-state index contributed by atoms with van der Waals surface area (Å²) >= 11 is 0.667. The molecule has 0 bridgehead atoms. The second-order valence-electron chi connectivity index (χ2n) is 4.83. The van der Waals surface area contributed by atoms with Crippen molar-refractivity contribution >= 4 is 22.5 Å². The molecule has 106 valence electrons. The first-order valence-electron chi connectivity index (χ1n) is 5.82. The van der Waals surface area contributed by atoms with E-state index in [-0.39, 0.29) is 16.7 Å². The molecule has 1 aliphatic rings. The van der Waals surface area contributed by atoms with E-state index in [0.717, 1.165) is 13.0 Å². The van der Waals surface area contributed by atoms with Gasteiger partial charge in [-0.2, -0.15) is 0 Å². The highest BCUT2D eigenvalue weighted by Crippen LogP contribution is 2.25. The maximum Gasteiger partial charge on any atom is 0.321 e. The quantitative estimate of drug-likeness (QED) is 0.792. The van der Waals surface area contributed by atoms with E-state index in [0.29, 0.717) is 11.3 Å². The van der Waals surface area contributed by atoms with Crippen molar-refractivity contribution in [3.05, 3.63) is 5.01 Å². The van der Waals surface area contributed by atoms with Gasteiger partial charge in [0.25, 0.3) is 6.43 Å². The van der Waals surface area contributed by atoms with Crippen LogP contribution in [0.15, 0.2) is 0 Å². The number of alkyl halides is 2. The van der Waals surface area contributed by atoms with Crippen LogP contribution in [0.3, 0.4) is 0 Å². The maximum absolute atomic E-state index is 12.3. The van der Waals surface area contributed by atoms with Crippen molar-refractivity contribution in [1.82, 2.24) is 20.8 Å². The van der Waals surface area contributed by atoms with Crippen LogP contribution in [0.2, 0.25) is 0 Å². The van der Waals surface area contributed by atoms with Crippen LogP contribution in [0.25, 0.3) is 0 Å². The summed E-state index contributed by atoms with van der Waals surface area (Å²) in [5.41, 5.74) is -0.188. The molecule has 1 unspecified atom stereocenters. The topological polar surface area (TPSA) is 78.9 Å². The zero-order valence-electron chi connectivity index (χ0n) is 10.5. The summed E-state index contributed by atoms with van der Waals surface area (Å²) in [5.74, 6) is 0. The Bertz CT molecular complexity index is 465. The van der Waals surface area contributed by atoms with Crippen LogP contribution in [-0.4, -0.2) is 34.4 Å². The van der Waals surface area contributed by atoms with Crippen LogP contribution in [0.1, 0.15) is 31.7 Å². The third kappa shape index (κ3) is 3.35. The van der Waals surface area contributed by atoms with Gasteiger partial charge < -0.3 is 10.6 Å². The molecule has 9 heteroatoms. The second kappa shape index (κ2) is 5.33. The van der Waals surface area contributed by atoms with Gasteiger partial charge in [-0.25, -0.2) is 13.6 Å². The first kappa shape index (κ1) is 14.1. The Morgan fingerprint density at radius 3 is 2.79 bits per heavy atom. The molecule has 1 saturated heterocycles. The van der Waals surface area contributed by atoms with Gasteiger partial charge in [0.2, 0.25) is 5.13 Å². The van der Waals surface area contributed by atoms with Gasteiger partial charge in [0, 0.05) is 11.6 Å². The highest BCUT2D eigenvalue weighted by molar-refractivity contribution is 7.15. The van der Waals surface area contributed by atoms with Crippen LogP contribution in [0.4, 0.5) is 18.7 Å². The van der Waals surface area contributed by atoms with E-state index in [4.69, 9.17) is 0 Å². The summed E-state index contributed by atoms with van der Waals surface area (Å²) in [6.45, 7) is 4.81. The van der Waals surface area contributed by atoms with Gasteiger partial charge in [0.1, 0.15) is 0 Å². The number of nitrogens with zero attached hydrogens (tertiary/aromatic N) is 2. The van der Waals surface area contributed by atoms with E-state index in [1.54, 1.807) is 0 Å². The van der Waals surface area contributed by atoms with Gasteiger partial charge in [-0.15, -0.1) is 10.2 Å². The van der Waals surface area contributed by atoms with Gasteiger partial charge in [0.15, 0.2) is 5.01 Å². The van der Waals surface area contributed by atoms with Crippen LogP contribution < -0.4 is 16.0 Å². The third-order valence-corrected chi connectivity index (χ3v) is 3.88. The number of halogens is 2. The van der Waals surface area contributed by atoms with E-state index in [1.807, 2.05) is 13.8 Å². The molecule has 3 N–H and O–H groups in total. The Kier molecular flexibility index (Phi) is 3.95. The van der Waals surface area contributed by atoms with E-state index in [9.17, 15) is 13.6 Å². The molecule has 1 aromatic heterocycles. The molecule has 2 heterocycles. The Morgan fingerprint density at radius 1 is 1.53 bits per heavy atom. The van der Waals surface area contributed by atoms with Crippen molar-refractivity contribution in [1.29, 1.82) is 0 Å². The molecule has 0 aromatic carbocycles. The largest absolute Gasteiger partial charge is 0.333 e. The molecule has 1 aromatic rings. The average Bonchev–Trinajstić information content (AvgIpc) is 2.87. The predicted molar refractivity (Wildman–Crippen MR) is 67.5 cm³/mol. The number of carbonyl (C=O) groups excluding carboxylic acids is 1. The highest BCUT2D eigenvalue weighted by atomic mass is 32.1. The lowest BCUT2D eigenvalue weighted by Gasteiger charge is -2.27. The molecule has 0 radical (unpaired) electrons. The maximum atomic E-state index is 12.3. The van der Waals surface area contributed by atoms with E-state index < -0.39 is 17.5 Å². The lowest BCUT2D eigenvalue weighted by atomic mass is 9.97. The number of anilines is 1. The van der Waals surface area contributed by atoms with Crippen LogP contribution >= 0.6 is 11.3 Å². The van der Waals surface area contributed by atoms with Crippen molar-refractivity contribution in [3.8, 4) is 0 Å². The van der Waals surface area contributed by atoms with Crippen molar-refractivity contribution in [3.63, 3.8) is 0 Å². The fraction of sp³-hybridized carbons (Fsp3) is 0.700. The summed E-state index contributed by atoms with van der Waals surface area (Å²) in [7, 11) is 0. The molecule has 1 aliphatic heterocycles. The predicted octanol–water partition coefficient (Wildman–Crippen LogP) is 1.74. The van der Waals surface area contributed by atoms with E-state index >= 15 is 0 Å². The highest BCUT2D eigenvalue weighted by Gasteiger charge is 2.35. The Morgan fingerprint density at radius 2 is 2.26 bits per heavy atom. The number of urea groups is 1. The van der Waals surface area contributed by atoms with Crippen LogP contribution in [0.5, 0.6) is 0 Å². The Balaban J connectivity index is 1.90. The van der Waals surface area contributed by atoms with Gasteiger partial charge in [0.05, 0.1) is 0 Å². The molecule has 1 atom stereocenters. The molecule has 0 aliphatic carbocycles. The summed E-state index contributed by atoms with van der Waals surface area (Å²) in [4.78, 5) is 11.7. The minimum atomic E-state index is -2.67. The minimum absolute atomic E-state index is 0.0185. The van der Waals surface area contributed by atoms with Gasteiger partial charge in [-0.05, 0) is 26.8 Å². The normalized spacial score (nSPS) is 21.6. The summed E-state index contributed by atoms with van der Waals surface area (Å²) in [5, 5.41) is 14.9. The van der Waals surface area contributed by atoms with Gasteiger partial charge in [-0.3, -0.25) is 5.32 Å². The zero-order valence-corrected chi connectivity index (χ0v) is 11.4. The van der Waals surface area contributed by atoms with Crippen LogP contribution in [-0.2, 0) is 0 Å². The molecule has 6 nitrogen and oxygen atoms in total. The monoisotopic (exact) mass is 291 g/mol. The van der Waals surface area contributed by atoms with Gasteiger partial charge >= 0.3 is 6.03 Å². The van der Waals surface area contributed by atoms with Gasteiger partial charge in [-0.1, -0.05) is 11.3 Å². The van der Waals surface area contributed by atoms with Crippen LogP contribution in [0, 0.1) is 0 Å². The fourth-order valence-corrected chi connectivity index (χ4v) is 2.53. The molecule has 2 rings (SSSR count). The summed E-state index contributed by atoms with van der Waals surface area (Å²) < 4.78 is 24.6. The number of hydrogen-bond donors (Lipinski definition) is 3. The number of nitrogens with one attached hydrogen (secondary N) is 3. The molecule has 0 saturated carbocycles. The summed E-state index contributed by atoms with van der Waals surface area (Å²) in [6, 6.07) is -0.478. The first-order chi connectivity index (χ1) is 8.88. The molecule has 2 amide bonds. The second-order valence-corrected chi connectivity index (χ2v) is 5.84. The smallest absolute Gasteiger partial charge is 0.321 e. The third-order valence-electron chi connectivity index (χ3n) is 3.04. The molecule has 1 fully saturated rings. The first-order valence-corrected chi connectivity index (χ1v) is 6.64. The SMILES string of the molecule is CC1(C)NCCC1NC(=O)Nc1nnc(C(F)F)s1. The number of hydrogen-bond acceptors (Lipinski definition) is 5. The zero-order chi connectivity index (χ0) is 14.0. The Hall–Kier alpha value is -1.35. The fourth-order valence-electron chi connectivity index (χ4n) is 1.94. The van der Waals surface area contributed by atoms with Crippen molar-refractivity contribution in [2.75, 3.05) is 11.9 Å². The van der Waals surface area contributed by atoms with E-state index in [2.05, 4.69) is 26.1 Å². The lowest BCUT2D eigenvalue weighted by molar-refractivity contribution is 0.150. The lowest BCUT2D eigenvalue weighted by Crippen LogP contribution is -2.51. The number of carbonyl (C=O) groups is 1. The molecular formula is C10H15F2N5OS. The minimum Gasteiger partial charge on any atom is -0.333 e. The number of amides is 2. The molecule has 19 heavy (non-hydrogen) atoms. The standard InChI is InChI=1S/C10H15F2N5OS/c1-10(2)5(3-4-13-10)14-8(18)15-9-17-16-7(19-9)6(11)12/h5-6,13H,3-4H2,1-2H3,(H2,14,15,17,18). The van der Waals surface area contributed by atoms with Crippen molar-refractivity contribution in [2.45, 2.75) is 38.3 Å². The number of aromatic nitrogens is 2. The number of rotatable bonds is 3. The Labute approximate surface area is 113 Å². The summed E-state index contributed by atoms with van der Waals surface area (Å²) in [6.07, 6.45) is -1.85. The molecule has 0 spiro atoms. The van der Waals surface area contributed by atoms with Crippen molar-refractivity contribution < 1.29 is 13.6 Å².